The lowest BCUT2D eigenvalue weighted by atomic mass is 9.67. The molecule has 1 aliphatic carbocycles. The molecular weight excluding hydrogens is 308 g/mol. The van der Waals surface area contributed by atoms with Gasteiger partial charge in [-0.1, -0.05) is 24.3 Å². The van der Waals surface area contributed by atoms with E-state index >= 15 is 0 Å². The van der Waals surface area contributed by atoms with Gasteiger partial charge in [-0.2, -0.15) is 0 Å². The van der Waals surface area contributed by atoms with Crippen molar-refractivity contribution < 1.29 is 19.8 Å². The number of aliphatic carboxylic acids is 2. The van der Waals surface area contributed by atoms with Gasteiger partial charge in [-0.25, -0.2) is 4.79 Å². The van der Waals surface area contributed by atoms with Crippen LogP contribution in [0.2, 0.25) is 0 Å². The number of pyridine rings is 1. The van der Waals surface area contributed by atoms with Crippen molar-refractivity contribution in [3.8, 4) is 0 Å². The van der Waals surface area contributed by atoms with E-state index in [1.807, 2.05) is 0 Å². The number of allylic oxidation sites excluding steroid dienone is 2. The Morgan fingerprint density at radius 1 is 1.29 bits per heavy atom. The fourth-order valence-electron chi connectivity index (χ4n) is 2.95. The number of nitrogens with one attached hydrogen (secondary N) is 1. The Bertz CT molecular complexity index is 643. The monoisotopic (exact) mass is 330 g/mol. The minimum absolute atomic E-state index is 0.0559. The first kappa shape index (κ1) is 17.9. The average Bonchev–Trinajstić information content (AvgIpc) is 3.15. The van der Waals surface area contributed by atoms with E-state index in [0.29, 0.717) is 5.56 Å². The summed E-state index contributed by atoms with van der Waals surface area (Å²) in [6, 6.07) is 3.35. The zero-order valence-electron chi connectivity index (χ0n) is 13.6. The third-order valence-corrected chi connectivity index (χ3v) is 4.31. The van der Waals surface area contributed by atoms with Crippen molar-refractivity contribution in [2.24, 2.45) is 5.41 Å². The maximum atomic E-state index is 11.5. The summed E-state index contributed by atoms with van der Waals surface area (Å²) in [7, 11) is 0. The first-order valence-electron chi connectivity index (χ1n) is 7.93. The van der Waals surface area contributed by atoms with Gasteiger partial charge in [0.15, 0.2) is 0 Å². The van der Waals surface area contributed by atoms with Crippen LogP contribution in [0.3, 0.4) is 0 Å². The molecule has 1 aliphatic heterocycles. The van der Waals surface area contributed by atoms with Gasteiger partial charge in [-0.15, -0.1) is 0 Å². The molecule has 2 aliphatic rings. The molecular formula is C18H22N2O4. The van der Waals surface area contributed by atoms with E-state index in [0.717, 1.165) is 0 Å². The molecule has 0 radical (unpaired) electrons. The average molecular weight is 330 g/mol. The van der Waals surface area contributed by atoms with Crippen molar-refractivity contribution in [3.63, 3.8) is 0 Å². The Hall–Kier alpha value is -2.47. The standard InChI is InChI=1S/C14H13NO4.C4H9N/c1-14(13(18)19)6-2-5-10(12(16)17)11(14)9-4-3-7-15-8-9;1-2-4-5-3-1/h2-8,11H,1H3,(H,16,17)(H,18,19);5H,1-4H2. The van der Waals surface area contributed by atoms with E-state index in [9.17, 15) is 19.8 Å². The van der Waals surface area contributed by atoms with Crippen molar-refractivity contribution in [1.82, 2.24) is 10.3 Å². The van der Waals surface area contributed by atoms with Crippen molar-refractivity contribution >= 4 is 11.9 Å². The van der Waals surface area contributed by atoms with Gasteiger partial charge in [-0.05, 0) is 44.5 Å². The molecule has 128 valence electrons. The minimum Gasteiger partial charge on any atom is -0.481 e. The van der Waals surface area contributed by atoms with Crippen LogP contribution in [0.1, 0.15) is 31.2 Å². The van der Waals surface area contributed by atoms with E-state index in [1.54, 1.807) is 18.3 Å². The van der Waals surface area contributed by atoms with Crippen LogP contribution >= 0.6 is 0 Å². The molecule has 2 heterocycles. The quantitative estimate of drug-likeness (QED) is 0.786. The lowest BCUT2D eigenvalue weighted by Crippen LogP contribution is -2.36. The zero-order valence-corrected chi connectivity index (χ0v) is 13.6. The normalized spacial score (nSPS) is 25.4. The van der Waals surface area contributed by atoms with E-state index in [1.165, 1.54) is 57.3 Å². The number of carboxylic acids is 2. The molecule has 3 N–H and O–H groups in total. The van der Waals surface area contributed by atoms with Crippen molar-refractivity contribution in [3.05, 3.63) is 53.9 Å². The van der Waals surface area contributed by atoms with E-state index < -0.39 is 23.3 Å². The van der Waals surface area contributed by atoms with Gasteiger partial charge in [0.2, 0.25) is 0 Å². The summed E-state index contributed by atoms with van der Waals surface area (Å²) in [6.07, 6.45) is 10.3. The summed E-state index contributed by atoms with van der Waals surface area (Å²) in [5.74, 6) is -2.95. The molecule has 24 heavy (non-hydrogen) atoms. The number of carbonyl (C=O) groups is 2. The highest BCUT2D eigenvalue weighted by Gasteiger charge is 2.45. The summed E-state index contributed by atoms with van der Waals surface area (Å²) < 4.78 is 0. The van der Waals surface area contributed by atoms with Crippen LogP contribution in [0.15, 0.2) is 48.3 Å². The van der Waals surface area contributed by atoms with Crippen LogP contribution < -0.4 is 5.32 Å². The highest BCUT2D eigenvalue weighted by atomic mass is 16.4. The highest BCUT2D eigenvalue weighted by molar-refractivity contribution is 5.93. The SMILES string of the molecule is C1CCNC1.CC1(C(=O)O)C=CC=C(C(=O)O)C1c1cccnc1. The molecule has 0 amide bonds. The first-order chi connectivity index (χ1) is 11.5. The third kappa shape index (κ3) is 3.89. The van der Waals surface area contributed by atoms with Crippen LogP contribution in [0.5, 0.6) is 0 Å². The Kier molecular flexibility index (Phi) is 5.87. The molecule has 1 saturated heterocycles. The molecule has 1 fully saturated rings. The molecule has 1 aromatic rings. The summed E-state index contributed by atoms with van der Waals surface area (Å²) >= 11 is 0. The summed E-state index contributed by atoms with van der Waals surface area (Å²) in [6.45, 7) is 4.01. The Balaban J connectivity index is 0.000000355. The van der Waals surface area contributed by atoms with Crippen molar-refractivity contribution in [1.29, 1.82) is 0 Å². The minimum atomic E-state index is -1.30. The molecule has 2 atom stereocenters. The fourth-order valence-corrected chi connectivity index (χ4v) is 2.95. The van der Waals surface area contributed by atoms with Gasteiger partial charge < -0.3 is 15.5 Å². The molecule has 6 nitrogen and oxygen atoms in total. The molecule has 6 heteroatoms. The molecule has 0 saturated carbocycles. The second-order valence-corrected chi connectivity index (χ2v) is 6.05. The summed E-state index contributed by atoms with van der Waals surface area (Å²) in [5, 5.41) is 21.9. The number of rotatable bonds is 3. The lowest BCUT2D eigenvalue weighted by Gasteiger charge is -2.34. The van der Waals surface area contributed by atoms with Gasteiger partial charge >= 0.3 is 11.9 Å². The summed E-state index contributed by atoms with van der Waals surface area (Å²) in [5.41, 5.74) is -0.670. The third-order valence-electron chi connectivity index (χ3n) is 4.31. The number of hydrogen-bond donors (Lipinski definition) is 3. The van der Waals surface area contributed by atoms with Crippen LogP contribution in [-0.2, 0) is 9.59 Å². The maximum Gasteiger partial charge on any atom is 0.332 e. The summed E-state index contributed by atoms with van der Waals surface area (Å²) in [4.78, 5) is 26.8. The van der Waals surface area contributed by atoms with Crippen LogP contribution in [0.25, 0.3) is 0 Å². The van der Waals surface area contributed by atoms with Gasteiger partial charge in [0, 0.05) is 23.9 Å². The van der Waals surface area contributed by atoms with Gasteiger partial charge in [0.05, 0.1) is 5.41 Å². The zero-order chi connectivity index (χ0) is 17.6. The first-order valence-corrected chi connectivity index (χ1v) is 7.93. The molecule has 0 aromatic carbocycles. The Labute approximate surface area is 140 Å². The van der Waals surface area contributed by atoms with Crippen LogP contribution in [-0.4, -0.2) is 40.2 Å². The van der Waals surface area contributed by atoms with E-state index in [-0.39, 0.29) is 5.57 Å². The molecule has 1 aromatic heterocycles. The fraction of sp³-hybridized carbons (Fsp3) is 0.389. The second-order valence-electron chi connectivity index (χ2n) is 6.05. The van der Waals surface area contributed by atoms with Gasteiger partial charge in [0.1, 0.15) is 0 Å². The second kappa shape index (κ2) is 7.88. The predicted octanol–water partition coefficient (Wildman–Crippen LogP) is 2.21. The largest absolute Gasteiger partial charge is 0.481 e. The molecule has 2 unspecified atom stereocenters. The van der Waals surface area contributed by atoms with Crippen molar-refractivity contribution in [2.75, 3.05) is 13.1 Å². The van der Waals surface area contributed by atoms with Crippen molar-refractivity contribution in [2.45, 2.75) is 25.7 Å². The topological polar surface area (TPSA) is 99.5 Å². The van der Waals surface area contributed by atoms with E-state index in [4.69, 9.17) is 0 Å². The molecule has 3 rings (SSSR count). The van der Waals surface area contributed by atoms with Gasteiger partial charge in [-0.3, -0.25) is 9.78 Å². The van der Waals surface area contributed by atoms with E-state index in [2.05, 4.69) is 10.3 Å². The highest BCUT2D eigenvalue weighted by Crippen LogP contribution is 2.44. The predicted molar refractivity (Wildman–Crippen MR) is 89.7 cm³/mol. The van der Waals surface area contributed by atoms with Crippen LogP contribution in [0.4, 0.5) is 0 Å². The maximum absolute atomic E-state index is 11.5. The number of carboxylic acid groups (broad SMARTS) is 2. The number of aromatic nitrogens is 1. The number of hydrogen-bond acceptors (Lipinski definition) is 4. The van der Waals surface area contributed by atoms with Crippen LogP contribution in [0, 0.1) is 5.41 Å². The Morgan fingerprint density at radius 3 is 2.46 bits per heavy atom. The smallest absolute Gasteiger partial charge is 0.332 e. The lowest BCUT2D eigenvalue weighted by molar-refractivity contribution is -0.146. The molecule has 0 spiro atoms. The molecule has 0 bridgehead atoms. The Morgan fingerprint density at radius 2 is 2.00 bits per heavy atom. The van der Waals surface area contributed by atoms with Gasteiger partial charge in [0.25, 0.3) is 0 Å². The number of nitrogens with zero attached hydrogens (tertiary/aromatic N) is 1.